The van der Waals surface area contributed by atoms with Crippen LogP contribution in [0.1, 0.15) is 30.0 Å². The Morgan fingerprint density at radius 1 is 1.17 bits per heavy atom. The fourth-order valence-electron chi connectivity index (χ4n) is 3.63. The predicted molar refractivity (Wildman–Crippen MR) is 101 cm³/mol. The van der Waals surface area contributed by atoms with Crippen molar-refractivity contribution in [3.8, 4) is 11.8 Å². The minimum absolute atomic E-state index is 0.0411. The molecule has 9 heteroatoms. The SMILES string of the molecule is N#Cc1ccc(F)c(O[C@@H]2CCN(C(=O)N3N=CC[C@H]3c3cc(F)cc(F)c3)C2)c1. The van der Waals surface area contributed by atoms with Gasteiger partial charge in [0.1, 0.15) is 17.7 Å². The van der Waals surface area contributed by atoms with Gasteiger partial charge < -0.3 is 9.64 Å². The third kappa shape index (κ3) is 3.94. The summed E-state index contributed by atoms with van der Waals surface area (Å²) in [6.07, 6.45) is 1.89. The molecule has 4 rings (SSSR count). The Hall–Kier alpha value is -3.54. The highest BCUT2D eigenvalue weighted by atomic mass is 19.1. The zero-order valence-electron chi connectivity index (χ0n) is 15.8. The van der Waals surface area contributed by atoms with Crippen LogP contribution in [0, 0.1) is 28.8 Å². The Morgan fingerprint density at radius 3 is 2.67 bits per heavy atom. The number of carbonyl (C=O) groups is 1. The fraction of sp³-hybridized carbons (Fsp3) is 0.286. The van der Waals surface area contributed by atoms with Crippen molar-refractivity contribution in [2.24, 2.45) is 5.10 Å². The number of nitrogens with zero attached hydrogens (tertiary/aromatic N) is 4. The predicted octanol–water partition coefficient (Wildman–Crippen LogP) is 3.98. The van der Waals surface area contributed by atoms with Crippen molar-refractivity contribution in [3.63, 3.8) is 0 Å². The van der Waals surface area contributed by atoms with E-state index in [1.54, 1.807) is 0 Å². The molecule has 2 aliphatic rings. The average Bonchev–Trinajstić information content (AvgIpc) is 3.38. The minimum atomic E-state index is -0.722. The highest BCUT2D eigenvalue weighted by Crippen LogP contribution is 2.31. The number of rotatable bonds is 3. The van der Waals surface area contributed by atoms with Crippen LogP contribution in [-0.2, 0) is 0 Å². The molecule has 154 valence electrons. The molecule has 0 unspecified atom stereocenters. The number of hydrogen-bond acceptors (Lipinski definition) is 4. The van der Waals surface area contributed by atoms with Crippen LogP contribution < -0.4 is 4.74 Å². The van der Waals surface area contributed by atoms with Gasteiger partial charge in [0.15, 0.2) is 11.6 Å². The van der Waals surface area contributed by atoms with Gasteiger partial charge in [-0.1, -0.05) is 0 Å². The van der Waals surface area contributed by atoms with Crippen molar-refractivity contribution < 1.29 is 22.7 Å². The molecule has 2 aliphatic heterocycles. The van der Waals surface area contributed by atoms with Gasteiger partial charge in [0.05, 0.1) is 24.2 Å². The number of likely N-dealkylation sites (tertiary alicyclic amines) is 1. The minimum Gasteiger partial charge on any atom is -0.485 e. The molecule has 30 heavy (non-hydrogen) atoms. The molecular formula is C21H17F3N4O2. The van der Waals surface area contributed by atoms with Crippen LogP contribution in [0.5, 0.6) is 5.75 Å². The van der Waals surface area contributed by atoms with E-state index in [0.29, 0.717) is 24.9 Å². The highest BCUT2D eigenvalue weighted by Gasteiger charge is 2.36. The third-order valence-corrected chi connectivity index (χ3v) is 5.07. The van der Waals surface area contributed by atoms with Crippen LogP contribution >= 0.6 is 0 Å². The molecule has 6 nitrogen and oxygen atoms in total. The number of urea groups is 1. The number of amides is 2. The second-order valence-electron chi connectivity index (χ2n) is 7.11. The number of hydrogen-bond donors (Lipinski definition) is 0. The van der Waals surface area contributed by atoms with Gasteiger partial charge in [0, 0.05) is 37.7 Å². The van der Waals surface area contributed by atoms with Gasteiger partial charge in [0.2, 0.25) is 0 Å². The molecule has 0 aromatic heterocycles. The number of nitriles is 1. The molecule has 2 aromatic rings. The summed E-state index contributed by atoms with van der Waals surface area (Å²) in [4.78, 5) is 14.4. The van der Waals surface area contributed by atoms with E-state index in [1.807, 2.05) is 6.07 Å². The summed E-state index contributed by atoms with van der Waals surface area (Å²) < 4.78 is 46.8. The van der Waals surface area contributed by atoms with Crippen LogP contribution in [0.15, 0.2) is 41.5 Å². The van der Waals surface area contributed by atoms with Crippen LogP contribution in [0.4, 0.5) is 18.0 Å². The molecule has 0 spiro atoms. The van der Waals surface area contributed by atoms with Gasteiger partial charge in [-0.2, -0.15) is 10.4 Å². The molecular weight excluding hydrogens is 397 g/mol. The standard InChI is InChI=1S/C21H17F3N4O2/c22-15-8-14(9-16(23)10-15)19-3-5-26-28(19)21(29)27-6-4-17(12-27)30-20-7-13(11-25)1-2-18(20)24/h1-2,5,7-10,17,19H,3-4,6,12H2/t17-,19+/m1/s1. The van der Waals surface area contributed by atoms with Gasteiger partial charge in [0.25, 0.3) is 0 Å². The maximum atomic E-state index is 14.0. The van der Waals surface area contributed by atoms with E-state index in [0.717, 1.165) is 12.1 Å². The van der Waals surface area contributed by atoms with Crippen LogP contribution in [0.25, 0.3) is 0 Å². The van der Waals surface area contributed by atoms with Gasteiger partial charge in [-0.3, -0.25) is 0 Å². The average molecular weight is 414 g/mol. The summed E-state index contributed by atoms with van der Waals surface area (Å²) in [7, 11) is 0. The summed E-state index contributed by atoms with van der Waals surface area (Å²) in [5.74, 6) is -2.07. The van der Waals surface area contributed by atoms with Crippen molar-refractivity contribution in [1.82, 2.24) is 9.91 Å². The molecule has 0 radical (unpaired) electrons. The molecule has 2 amide bonds. The maximum Gasteiger partial charge on any atom is 0.341 e. The van der Waals surface area contributed by atoms with Crippen molar-refractivity contribution in [3.05, 3.63) is 65.0 Å². The van der Waals surface area contributed by atoms with Crippen molar-refractivity contribution in [2.45, 2.75) is 25.0 Å². The second-order valence-corrected chi connectivity index (χ2v) is 7.11. The van der Waals surface area contributed by atoms with Crippen LogP contribution in [0.3, 0.4) is 0 Å². The summed E-state index contributed by atoms with van der Waals surface area (Å²) in [5.41, 5.74) is 0.592. The van der Waals surface area contributed by atoms with Crippen molar-refractivity contribution in [1.29, 1.82) is 5.26 Å². The van der Waals surface area contributed by atoms with E-state index in [2.05, 4.69) is 5.10 Å². The Labute approximate surface area is 170 Å². The molecule has 2 heterocycles. The topological polar surface area (TPSA) is 68.9 Å². The number of halogens is 3. The molecule has 1 fully saturated rings. The lowest BCUT2D eigenvalue weighted by atomic mass is 10.0. The normalized spacial score (nSPS) is 20.5. The van der Waals surface area contributed by atoms with E-state index in [1.165, 1.54) is 40.4 Å². The first-order valence-corrected chi connectivity index (χ1v) is 9.37. The maximum absolute atomic E-state index is 14.0. The first-order chi connectivity index (χ1) is 14.4. The van der Waals surface area contributed by atoms with Crippen LogP contribution in [0.2, 0.25) is 0 Å². The Balaban J connectivity index is 1.44. The lowest BCUT2D eigenvalue weighted by molar-refractivity contribution is 0.141. The highest BCUT2D eigenvalue weighted by molar-refractivity contribution is 5.78. The summed E-state index contributed by atoms with van der Waals surface area (Å²) in [6.45, 7) is 0.560. The van der Waals surface area contributed by atoms with E-state index in [-0.39, 0.29) is 17.9 Å². The number of carbonyl (C=O) groups excluding carboxylic acids is 1. The molecule has 1 saturated heterocycles. The number of benzene rings is 2. The molecule has 0 saturated carbocycles. The lowest BCUT2D eigenvalue weighted by Gasteiger charge is -2.27. The lowest BCUT2D eigenvalue weighted by Crippen LogP contribution is -2.40. The Kier molecular flexibility index (Phi) is 5.31. The van der Waals surface area contributed by atoms with Gasteiger partial charge in [-0.25, -0.2) is 23.0 Å². The molecule has 0 N–H and O–H groups in total. The summed E-state index contributed by atoms with van der Waals surface area (Å²) >= 11 is 0. The molecule has 2 aromatic carbocycles. The zero-order chi connectivity index (χ0) is 21.3. The zero-order valence-corrected chi connectivity index (χ0v) is 15.8. The fourth-order valence-corrected chi connectivity index (χ4v) is 3.63. The van der Waals surface area contributed by atoms with Gasteiger partial charge in [-0.05, 0) is 29.8 Å². The monoisotopic (exact) mass is 414 g/mol. The smallest absolute Gasteiger partial charge is 0.341 e. The molecule has 0 bridgehead atoms. The van der Waals surface area contributed by atoms with E-state index in [9.17, 15) is 18.0 Å². The second kappa shape index (κ2) is 8.06. The van der Waals surface area contributed by atoms with Crippen LogP contribution in [-0.4, -0.2) is 41.3 Å². The van der Waals surface area contributed by atoms with E-state index < -0.39 is 35.6 Å². The summed E-state index contributed by atoms with van der Waals surface area (Å²) in [6, 6.07) is 7.87. The van der Waals surface area contributed by atoms with Gasteiger partial charge in [-0.15, -0.1) is 0 Å². The molecule has 2 atom stereocenters. The molecule has 0 aliphatic carbocycles. The van der Waals surface area contributed by atoms with Crippen molar-refractivity contribution in [2.75, 3.05) is 13.1 Å². The van der Waals surface area contributed by atoms with E-state index >= 15 is 0 Å². The Bertz CT molecular complexity index is 1030. The summed E-state index contributed by atoms with van der Waals surface area (Å²) in [5, 5.41) is 14.2. The first-order valence-electron chi connectivity index (χ1n) is 9.37. The number of ether oxygens (including phenoxy) is 1. The van der Waals surface area contributed by atoms with Gasteiger partial charge >= 0.3 is 6.03 Å². The Morgan fingerprint density at radius 2 is 1.93 bits per heavy atom. The number of hydrazone groups is 1. The quantitative estimate of drug-likeness (QED) is 0.763. The third-order valence-electron chi connectivity index (χ3n) is 5.07. The first kappa shape index (κ1) is 19.8. The van der Waals surface area contributed by atoms with Crippen molar-refractivity contribution >= 4 is 12.2 Å². The largest absolute Gasteiger partial charge is 0.485 e. The van der Waals surface area contributed by atoms with E-state index in [4.69, 9.17) is 10.00 Å².